The molecule has 2 aliphatic carbocycles. The van der Waals surface area contributed by atoms with Crippen LogP contribution in [0.15, 0.2) is 24.3 Å². The zero-order valence-corrected chi connectivity index (χ0v) is 18.0. The molecule has 1 fully saturated rings. The Balaban J connectivity index is 1.29. The number of carbonyl (C=O) groups is 2. The maximum Gasteiger partial charge on any atom is 0.338 e. The first kappa shape index (κ1) is 19.9. The van der Waals surface area contributed by atoms with Crippen molar-refractivity contribution >= 4 is 44.9 Å². The number of nitrogen functional groups attached to an aromatic ring is 1. The number of benzene rings is 1. The van der Waals surface area contributed by atoms with E-state index in [9.17, 15) is 9.59 Å². The Morgan fingerprint density at radius 1 is 1.16 bits per heavy atom. The summed E-state index contributed by atoms with van der Waals surface area (Å²) in [4.78, 5) is 35.7. The highest BCUT2D eigenvalue weighted by atomic mass is 32.1. The van der Waals surface area contributed by atoms with Crippen LogP contribution in [0.5, 0.6) is 0 Å². The van der Waals surface area contributed by atoms with Gasteiger partial charge in [0.05, 0.1) is 10.9 Å². The minimum atomic E-state index is -0.494. The van der Waals surface area contributed by atoms with Gasteiger partial charge >= 0.3 is 5.97 Å². The van der Waals surface area contributed by atoms with E-state index in [1.54, 1.807) is 35.6 Å². The second kappa shape index (κ2) is 8.26. The third kappa shape index (κ3) is 4.25. The van der Waals surface area contributed by atoms with Crippen molar-refractivity contribution in [2.24, 2.45) is 5.92 Å². The molecule has 2 heterocycles. The molecule has 7 nitrogen and oxygen atoms in total. The predicted octanol–water partition coefficient (Wildman–Crippen LogP) is 4.25. The molecule has 0 spiro atoms. The van der Waals surface area contributed by atoms with Crippen molar-refractivity contribution in [1.82, 2.24) is 9.97 Å². The standard InChI is InChI=1S/C23H24N4O3S/c24-20-19-16-7-2-1-3-8-17(16)31-22(19)27-18(26-20)12-30-23(29)14-5-4-6-15(11-14)25-21(28)13-9-10-13/h4-6,11,13H,1-3,7-10,12H2,(H,25,28)(H2,24,26,27). The van der Waals surface area contributed by atoms with Crippen LogP contribution in [-0.2, 0) is 29.0 Å². The molecule has 0 radical (unpaired) electrons. The highest BCUT2D eigenvalue weighted by molar-refractivity contribution is 7.19. The fourth-order valence-electron chi connectivity index (χ4n) is 4.00. The quantitative estimate of drug-likeness (QED) is 0.457. The zero-order chi connectivity index (χ0) is 21.4. The lowest BCUT2D eigenvalue weighted by molar-refractivity contribution is -0.117. The van der Waals surface area contributed by atoms with E-state index in [1.807, 2.05) is 0 Å². The number of anilines is 2. The van der Waals surface area contributed by atoms with Gasteiger partial charge in [0.15, 0.2) is 12.4 Å². The van der Waals surface area contributed by atoms with Crippen molar-refractivity contribution in [3.05, 3.63) is 46.1 Å². The molecular formula is C23H24N4O3S. The zero-order valence-electron chi connectivity index (χ0n) is 17.1. The van der Waals surface area contributed by atoms with E-state index in [-0.39, 0.29) is 18.4 Å². The molecule has 3 N–H and O–H groups in total. The first-order chi connectivity index (χ1) is 15.1. The van der Waals surface area contributed by atoms with Gasteiger partial charge in [0, 0.05) is 16.5 Å². The van der Waals surface area contributed by atoms with E-state index in [1.165, 1.54) is 23.3 Å². The van der Waals surface area contributed by atoms with E-state index in [4.69, 9.17) is 10.5 Å². The minimum Gasteiger partial charge on any atom is -0.454 e. The average Bonchev–Trinajstić information content (AvgIpc) is 3.58. The van der Waals surface area contributed by atoms with E-state index < -0.39 is 5.97 Å². The summed E-state index contributed by atoms with van der Waals surface area (Å²) in [5.41, 5.74) is 8.52. The Bertz CT molecular complexity index is 1170. The van der Waals surface area contributed by atoms with E-state index in [0.29, 0.717) is 22.9 Å². The molecule has 160 valence electrons. The van der Waals surface area contributed by atoms with Gasteiger partial charge in [-0.3, -0.25) is 4.79 Å². The molecule has 0 atom stereocenters. The maximum absolute atomic E-state index is 12.5. The van der Waals surface area contributed by atoms with Crippen LogP contribution in [0.1, 0.15) is 58.7 Å². The Labute approximate surface area is 184 Å². The van der Waals surface area contributed by atoms with Crippen LogP contribution in [0, 0.1) is 5.92 Å². The number of ether oxygens (including phenoxy) is 1. The summed E-state index contributed by atoms with van der Waals surface area (Å²) in [5, 5.41) is 3.81. The van der Waals surface area contributed by atoms with Crippen LogP contribution in [0.25, 0.3) is 10.2 Å². The van der Waals surface area contributed by atoms with E-state index in [0.717, 1.165) is 42.3 Å². The molecular weight excluding hydrogens is 412 g/mol. The Hall–Kier alpha value is -3.00. The summed E-state index contributed by atoms with van der Waals surface area (Å²) in [5.74, 6) is 0.456. The summed E-state index contributed by atoms with van der Waals surface area (Å²) >= 11 is 1.68. The minimum absolute atomic E-state index is 0.00274. The fourth-order valence-corrected chi connectivity index (χ4v) is 5.29. The SMILES string of the molecule is Nc1nc(COC(=O)c2cccc(NC(=O)C3CC3)c2)nc2sc3c(c12)CCCCC3. The number of nitrogens with zero attached hydrogens (tertiary/aromatic N) is 2. The number of esters is 1. The molecule has 1 aromatic carbocycles. The summed E-state index contributed by atoms with van der Waals surface area (Å²) < 4.78 is 5.43. The number of carbonyl (C=O) groups excluding carboxylic acids is 2. The number of amides is 1. The van der Waals surface area contributed by atoms with Gasteiger partial charge in [-0.2, -0.15) is 0 Å². The Morgan fingerprint density at radius 2 is 2.00 bits per heavy atom. The van der Waals surface area contributed by atoms with Gasteiger partial charge in [-0.25, -0.2) is 14.8 Å². The van der Waals surface area contributed by atoms with Gasteiger partial charge in [0.2, 0.25) is 5.91 Å². The summed E-state index contributed by atoms with van der Waals surface area (Å²) in [6.07, 6.45) is 7.53. The van der Waals surface area contributed by atoms with Gasteiger partial charge < -0.3 is 15.8 Å². The number of nitrogens with two attached hydrogens (primary N) is 1. The van der Waals surface area contributed by atoms with Crippen LogP contribution >= 0.6 is 11.3 Å². The van der Waals surface area contributed by atoms with Crippen LogP contribution in [-0.4, -0.2) is 21.8 Å². The first-order valence-electron chi connectivity index (χ1n) is 10.7. The number of hydrogen-bond donors (Lipinski definition) is 2. The second-order valence-corrected chi connectivity index (χ2v) is 9.27. The summed E-state index contributed by atoms with van der Waals surface area (Å²) in [6, 6.07) is 6.76. The van der Waals surface area contributed by atoms with Crippen molar-refractivity contribution in [3.63, 3.8) is 0 Å². The van der Waals surface area contributed by atoms with Gasteiger partial charge in [-0.15, -0.1) is 11.3 Å². The van der Waals surface area contributed by atoms with Crippen LogP contribution < -0.4 is 11.1 Å². The largest absolute Gasteiger partial charge is 0.454 e. The predicted molar refractivity (Wildman–Crippen MR) is 120 cm³/mol. The Morgan fingerprint density at radius 3 is 2.84 bits per heavy atom. The maximum atomic E-state index is 12.5. The molecule has 8 heteroatoms. The smallest absolute Gasteiger partial charge is 0.338 e. The number of thiophene rings is 1. The van der Waals surface area contributed by atoms with Crippen molar-refractivity contribution < 1.29 is 14.3 Å². The lowest BCUT2D eigenvalue weighted by Gasteiger charge is -2.08. The number of aromatic nitrogens is 2. The van der Waals surface area contributed by atoms with E-state index in [2.05, 4.69) is 15.3 Å². The van der Waals surface area contributed by atoms with Crippen LogP contribution in [0.4, 0.5) is 11.5 Å². The summed E-state index contributed by atoms with van der Waals surface area (Å²) in [7, 11) is 0. The van der Waals surface area contributed by atoms with Crippen molar-refractivity contribution in [2.45, 2.75) is 51.6 Å². The fraction of sp³-hybridized carbons (Fsp3) is 0.391. The molecule has 0 bridgehead atoms. The van der Waals surface area contributed by atoms with Gasteiger partial charge in [-0.05, 0) is 62.3 Å². The lowest BCUT2D eigenvalue weighted by Crippen LogP contribution is -2.14. The molecule has 2 aromatic heterocycles. The molecule has 2 aliphatic rings. The number of aryl methyl sites for hydroxylation is 2. The second-order valence-electron chi connectivity index (χ2n) is 8.19. The lowest BCUT2D eigenvalue weighted by atomic mass is 10.1. The Kier molecular flexibility index (Phi) is 5.31. The molecule has 3 aromatic rings. The van der Waals surface area contributed by atoms with E-state index >= 15 is 0 Å². The molecule has 1 saturated carbocycles. The van der Waals surface area contributed by atoms with Gasteiger partial charge in [0.25, 0.3) is 0 Å². The highest BCUT2D eigenvalue weighted by Gasteiger charge is 2.29. The van der Waals surface area contributed by atoms with Gasteiger partial charge in [0.1, 0.15) is 10.6 Å². The molecule has 0 aliphatic heterocycles. The van der Waals surface area contributed by atoms with Crippen molar-refractivity contribution in [1.29, 1.82) is 0 Å². The number of fused-ring (bicyclic) bond motifs is 3. The molecule has 1 amide bonds. The van der Waals surface area contributed by atoms with Crippen LogP contribution in [0.3, 0.4) is 0 Å². The monoisotopic (exact) mass is 436 g/mol. The number of rotatable bonds is 5. The molecule has 31 heavy (non-hydrogen) atoms. The number of hydrogen-bond acceptors (Lipinski definition) is 7. The average molecular weight is 437 g/mol. The normalized spacial score (nSPS) is 15.9. The molecule has 0 unspecified atom stereocenters. The topological polar surface area (TPSA) is 107 Å². The van der Waals surface area contributed by atoms with Crippen LogP contribution in [0.2, 0.25) is 0 Å². The molecule has 5 rings (SSSR count). The van der Waals surface area contributed by atoms with Crippen molar-refractivity contribution in [2.75, 3.05) is 11.1 Å². The number of nitrogens with one attached hydrogen (secondary N) is 1. The highest BCUT2D eigenvalue weighted by Crippen LogP contribution is 2.37. The third-order valence-electron chi connectivity index (χ3n) is 5.79. The summed E-state index contributed by atoms with van der Waals surface area (Å²) in [6.45, 7) is -0.0554. The third-order valence-corrected chi connectivity index (χ3v) is 6.97. The molecule has 0 saturated heterocycles. The van der Waals surface area contributed by atoms with Gasteiger partial charge in [-0.1, -0.05) is 12.5 Å². The first-order valence-corrected chi connectivity index (χ1v) is 11.5. The van der Waals surface area contributed by atoms with Crippen molar-refractivity contribution in [3.8, 4) is 0 Å².